The van der Waals surface area contributed by atoms with E-state index in [-0.39, 0.29) is 12.0 Å². The quantitative estimate of drug-likeness (QED) is 0.853. The number of carbonyl (C=O) groups is 1. The van der Waals surface area contributed by atoms with Crippen LogP contribution in [0.2, 0.25) is 5.02 Å². The van der Waals surface area contributed by atoms with Crippen LogP contribution in [0.25, 0.3) is 0 Å². The van der Waals surface area contributed by atoms with Crippen molar-refractivity contribution in [3.8, 4) is 5.88 Å². The Bertz CT molecular complexity index is 688. The zero-order chi connectivity index (χ0) is 16.8. The molecule has 1 atom stereocenters. The van der Waals surface area contributed by atoms with Crippen molar-refractivity contribution in [3.05, 3.63) is 58.7 Å². The molecule has 1 N–H and O–H groups in total. The minimum atomic E-state index is -0.155. The van der Waals surface area contributed by atoms with Crippen LogP contribution in [-0.4, -0.2) is 35.0 Å². The number of nitrogens with one attached hydrogen (secondary N) is 1. The summed E-state index contributed by atoms with van der Waals surface area (Å²) in [4.78, 5) is 16.7. The van der Waals surface area contributed by atoms with Crippen molar-refractivity contribution in [2.45, 2.75) is 18.9 Å². The molecule has 1 aliphatic heterocycles. The molecule has 0 aliphatic carbocycles. The zero-order valence-corrected chi connectivity index (χ0v) is 14.8. The molecule has 1 amide bonds. The van der Waals surface area contributed by atoms with E-state index in [1.807, 2.05) is 36.0 Å². The molecule has 4 nitrogen and oxygen atoms in total. The van der Waals surface area contributed by atoms with E-state index < -0.39 is 0 Å². The highest BCUT2D eigenvalue weighted by atomic mass is 35.5. The SMILES string of the molecule is O=C(NCCc1ccc(Cl)cc1)c1cccnc1OC1CCSC1. The van der Waals surface area contributed by atoms with E-state index >= 15 is 0 Å². The molecule has 24 heavy (non-hydrogen) atoms. The second-order valence-corrected chi connectivity index (χ2v) is 7.18. The van der Waals surface area contributed by atoms with Crippen LogP contribution in [0, 0.1) is 0 Å². The molecule has 1 fully saturated rings. The summed E-state index contributed by atoms with van der Waals surface area (Å²) in [6.07, 6.45) is 3.55. The van der Waals surface area contributed by atoms with Gasteiger partial charge in [-0.3, -0.25) is 4.79 Å². The molecule has 0 spiro atoms. The number of halogens is 1. The van der Waals surface area contributed by atoms with Gasteiger partial charge in [0, 0.05) is 23.5 Å². The van der Waals surface area contributed by atoms with Gasteiger partial charge < -0.3 is 10.1 Å². The van der Waals surface area contributed by atoms with Gasteiger partial charge in [0.05, 0.1) is 0 Å². The summed E-state index contributed by atoms with van der Waals surface area (Å²) in [5.74, 6) is 2.32. The fourth-order valence-electron chi connectivity index (χ4n) is 2.49. The minimum Gasteiger partial charge on any atom is -0.473 e. The highest BCUT2D eigenvalue weighted by molar-refractivity contribution is 7.99. The molecule has 126 valence electrons. The number of rotatable bonds is 6. The van der Waals surface area contributed by atoms with Crippen LogP contribution in [0.15, 0.2) is 42.6 Å². The topological polar surface area (TPSA) is 51.2 Å². The Morgan fingerprint density at radius 1 is 1.33 bits per heavy atom. The summed E-state index contributed by atoms with van der Waals surface area (Å²) in [7, 11) is 0. The molecular formula is C18H19ClN2O2S. The molecule has 1 aromatic heterocycles. The Hall–Kier alpha value is -1.72. The van der Waals surface area contributed by atoms with Crippen LogP contribution in [0.4, 0.5) is 0 Å². The minimum absolute atomic E-state index is 0.144. The maximum absolute atomic E-state index is 12.4. The van der Waals surface area contributed by atoms with Gasteiger partial charge in [-0.25, -0.2) is 4.98 Å². The number of benzene rings is 1. The van der Waals surface area contributed by atoms with Gasteiger partial charge in [-0.15, -0.1) is 0 Å². The van der Waals surface area contributed by atoms with Crippen LogP contribution in [-0.2, 0) is 6.42 Å². The van der Waals surface area contributed by atoms with Crippen molar-refractivity contribution in [1.82, 2.24) is 10.3 Å². The van der Waals surface area contributed by atoms with Crippen LogP contribution in [0.5, 0.6) is 5.88 Å². The standard InChI is InChI=1S/C18H19ClN2O2S/c19-14-5-3-13(4-6-14)7-10-20-17(22)16-2-1-9-21-18(16)23-15-8-11-24-12-15/h1-6,9,15H,7-8,10-12H2,(H,20,22). The number of hydrogen-bond donors (Lipinski definition) is 1. The third kappa shape index (κ3) is 4.65. The lowest BCUT2D eigenvalue weighted by atomic mass is 10.1. The first-order chi connectivity index (χ1) is 11.7. The lowest BCUT2D eigenvalue weighted by Crippen LogP contribution is -2.27. The van der Waals surface area contributed by atoms with Gasteiger partial charge in [-0.2, -0.15) is 11.8 Å². The number of aromatic nitrogens is 1. The van der Waals surface area contributed by atoms with E-state index in [2.05, 4.69) is 10.3 Å². The predicted octanol–water partition coefficient (Wildman–Crippen LogP) is 3.59. The molecule has 2 heterocycles. The average molecular weight is 363 g/mol. The smallest absolute Gasteiger partial charge is 0.256 e. The number of hydrogen-bond acceptors (Lipinski definition) is 4. The Morgan fingerprint density at radius 3 is 2.92 bits per heavy atom. The van der Waals surface area contributed by atoms with Crippen molar-refractivity contribution in [1.29, 1.82) is 0 Å². The largest absolute Gasteiger partial charge is 0.473 e. The van der Waals surface area contributed by atoms with Crippen molar-refractivity contribution >= 4 is 29.3 Å². The number of thioether (sulfide) groups is 1. The summed E-state index contributed by atoms with van der Waals surface area (Å²) >= 11 is 7.74. The van der Waals surface area contributed by atoms with E-state index in [1.165, 1.54) is 0 Å². The van der Waals surface area contributed by atoms with Crippen LogP contribution >= 0.6 is 23.4 Å². The van der Waals surface area contributed by atoms with E-state index in [9.17, 15) is 4.79 Å². The first-order valence-electron chi connectivity index (χ1n) is 7.94. The highest BCUT2D eigenvalue weighted by Gasteiger charge is 2.21. The number of nitrogens with zero attached hydrogens (tertiary/aromatic N) is 1. The van der Waals surface area contributed by atoms with Crippen LogP contribution in [0.1, 0.15) is 22.3 Å². The van der Waals surface area contributed by atoms with Crippen molar-refractivity contribution in [2.24, 2.45) is 0 Å². The molecule has 6 heteroatoms. The van der Waals surface area contributed by atoms with Gasteiger partial charge in [0.1, 0.15) is 11.7 Å². The second kappa shape index (κ2) is 8.40. The van der Waals surface area contributed by atoms with E-state index in [0.29, 0.717) is 23.0 Å². The molecule has 0 radical (unpaired) electrons. The molecule has 2 aromatic rings. The lowest BCUT2D eigenvalue weighted by molar-refractivity contribution is 0.0946. The molecule has 0 bridgehead atoms. The lowest BCUT2D eigenvalue weighted by Gasteiger charge is -2.14. The van der Waals surface area contributed by atoms with Gasteiger partial charge in [-0.05, 0) is 48.4 Å². The molecule has 0 saturated carbocycles. The summed E-state index contributed by atoms with van der Waals surface area (Å²) < 4.78 is 5.90. The molecule has 3 rings (SSSR count). The Kier molecular flexibility index (Phi) is 5.99. The number of ether oxygens (including phenoxy) is 1. The zero-order valence-electron chi connectivity index (χ0n) is 13.2. The Labute approximate surface area is 151 Å². The van der Waals surface area contributed by atoms with Crippen molar-refractivity contribution < 1.29 is 9.53 Å². The number of amides is 1. The summed E-state index contributed by atoms with van der Waals surface area (Å²) in [6, 6.07) is 11.1. The molecule has 1 aromatic carbocycles. The third-order valence-electron chi connectivity index (χ3n) is 3.79. The summed E-state index contributed by atoms with van der Waals surface area (Å²) in [5.41, 5.74) is 1.62. The summed E-state index contributed by atoms with van der Waals surface area (Å²) in [5, 5.41) is 3.64. The summed E-state index contributed by atoms with van der Waals surface area (Å²) in [6.45, 7) is 0.550. The van der Waals surface area contributed by atoms with Crippen LogP contribution < -0.4 is 10.1 Å². The van der Waals surface area contributed by atoms with Gasteiger partial charge in [-0.1, -0.05) is 23.7 Å². The Morgan fingerprint density at radius 2 is 2.17 bits per heavy atom. The number of carbonyl (C=O) groups excluding carboxylic acids is 1. The van der Waals surface area contributed by atoms with E-state index in [1.54, 1.807) is 18.3 Å². The average Bonchev–Trinajstić information content (AvgIpc) is 3.10. The predicted molar refractivity (Wildman–Crippen MR) is 98.1 cm³/mol. The monoisotopic (exact) mass is 362 g/mol. The maximum Gasteiger partial charge on any atom is 0.256 e. The van der Waals surface area contributed by atoms with Gasteiger partial charge >= 0.3 is 0 Å². The highest BCUT2D eigenvalue weighted by Crippen LogP contribution is 2.24. The van der Waals surface area contributed by atoms with Gasteiger partial charge in [0.2, 0.25) is 5.88 Å². The molecular weight excluding hydrogens is 344 g/mol. The van der Waals surface area contributed by atoms with E-state index in [0.717, 1.165) is 29.9 Å². The van der Waals surface area contributed by atoms with Gasteiger partial charge in [0.15, 0.2) is 0 Å². The number of pyridine rings is 1. The second-order valence-electron chi connectivity index (χ2n) is 5.59. The molecule has 1 aliphatic rings. The van der Waals surface area contributed by atoms with E-state index in [4.69, 9.17) is 16.3 Å². The fourth-order valence-corrected chi connectivity index (χ4v) is 3.71. The van der Waals surface area contributed by atoms with Crippen molar-refractivity contribution in [3.63, 3.8) is 0 Å². The molecule has 1 unspecified atom stereocenters. The first-order valence-corrected chi connectivity index (χ1v) is 9.48. The maximum atomic E-state index is 12.4. The normalized spacial score (nSPS) is 16.8. The van der Waals surface area contributed by atoms with Crippen LogP contribution in [0.3, 0.4) is 0 Å². The molecule has 1 saturated heterocycles. The Balaban J connectivity index is 1.57. The van der Waals surface area contributed by atoms with Crippen molar-refractivity contribution in [2.75, 3.05) is 18.1 Å². The third-order valence-corrected chi connectivity index (χ3v) is 5.18. The fraction of sp³-hybridized carbons (Fsp3) is 0.333. The van der Waals surface area contributed by atoms with Gasteiger partial charge in [0.25, 0.3) is 5.91 Å². The first kappa shape index (κ1) is 17.1.